The van der Waals surface area contributed by atoms with Crippen molar-refractivity contribution in [2.45, 2.75) is 64.6 Å². The Kier molecular flexibility index (Phi) is 9.04. The van der Waals surface area contributed by atoms with Gasteiger partial charge in [0.1, 0.15) is 12.6 Å². The van der Waals surface area contributed by atoms with Crippen LogP contribution in [0.4, 0.5) is 5.69 Å². The standard InChI is InChI=1S/C27H34ClN3O6S/c1-3-23(27(33)29-20-10-6-7-11-20)30(16-19-9-5-8-12-22(19)28)26(32)17-31(38(34,35)4-2)21-13-14-24-25(15-21)37-18-36-24/h5,8-9,12-15,20,23H,3-4,6-7,10-11,16-18H2,1-2H3,(H,29,33)/t23-/m1/s1. The summed E-state index contributed by atoms with van der Waals surface area (Å²) in [7, 11) is -3.85. The smallest absolute Gasteiger partial charge is 0.244 e. The molecule has 2 amide bonds. The lowest BCUT2D eigenvalue weighted by molar-refractivity contribution is -0.140. The lowest BCUT2D eigenvalue weighted by Gasteiger charge is -2.34. The normalized spacial score (nSPS) is 15.8. The number of amides is 2. The number of fused-ring (bicyclic) bond motifs is 1. The van der Waals surface area contributed by atoms with Gasteiger partial charge in [0.05, 0.1) is 11.4 Å². The molecule has 0 saturated heterocycles. The van der Waals surface area contributed by atoms with Gasteiger partial charge >= 0.3 is 0 Å². The number of nitrogens with zero attached hydrogens (tertiary/aromatic N) is 2. The summed E-state index contributed by atoms with van der Waals surface area (Å²) in [6.45, 7) is 2.98. The summed E-state index contributed by atoms with van der Waals surface area (Å²) in [4.78, 5) is 28.8. The van der Waals surface area contributed by atoms with Crippen molar-refractivity contribution in [3.05, 3.63) is 53.1 Å². The summed E-state index contributed by atoms with van der Waals surface area (Å²) in [5, 5.41) is 3.56. The zero-order valence-electron chi connectivity index (χ0n) is 21.7. The van der Waals surface area contributed by atoms with E-state index in [2.05, 4.69) is 5.32 Å². The molecule has 2 aliphatic rings. The molecular formula is C27H34ClN3O6S. The number of carbonyl (C=O) groups excluding carboxylic acids is 2. The van der Waals surface area contributed by atoms with E-state index in [1.165, 1.54) is 11.8 Å². The first-order valence-corrected chi connectivity index (χ1v) is 15.0. The third-order valence-electron chi connectivity index (χ3n) is 7.01. The summed E-state index contributed by atoms with van der Waals surface area (Å²) in [6.07, 6.45) is 4.30. The Morgan fingerprint density at radius 2 is 1.79 bits per heavy atom. The van der Waals surface area contributed by atoms with E-state index in [0.717, 1.165) is 30.0 Å². The highest BCUT2D eigenvalue weighted by atomic mass is 35.5. The molecule has 206 valence electrons. The SMILES string of the molecule is CC[C@H](C(=O)NC1CCCC1)N(Cc1ccccc1Cl)C(=O)CN(c1ccc2c(c1)OCO2)S(=O)(=O)CC. The molecular weight excluding hydrogens is 530 g/mol. The maximum atomic E-state index is 13.9. The summed E-state index contributed by atoms with van der Waals surface area (Å²) < 4.78 is 38.2. The van der Waals surface area contributed by atoms with Crippen LogP contribution in [0.5, 0.6) is 11.5 Å². The molecule has 0 unspecified atom stereocenters. The molecule has 4 rings (SSSR count). The second kappa shape index (κ2) is 12.3. The van der Waals surface area contributed by atoms with Crippen LogP contribution < -0.4 is 19.1 Å². The third kappa shape index (κ3) is 6.35. The first-order chi connectivity index (χ1) is 18.2. The van der Waals surface area contributed by atoms with Crippen LogP contribution in [0.25, 0.3) is 0 Å². The largest absolute Gasteiger partial charge is 0.454 e. The van der Waals surface area contributed by atoms with Gasteiger partial charge in [0.25, 0.3) is 0 Å². The Labute approximate surface area is 229 Å². The number of anilines is 1. The molecule has 1 fully saturated rings. The van der Waals surface area contributed by atoms with Crippen LogP contribution in [-0.4, -0.2) is 56.3 Å². The number of ether oxygens (including phenoxy) is 2. The lowest BCUT2D eigenvalue weighted by Crippen LogP contribution is -2.53. The van der Waals surface area contributed by atoms with Gasteiger partial charge < -0.3 is 19.7 Å². The number of benzene rings is 2. The van der Waals surface area contributed by atoms with Crippen LogP contribution in [0.15, 0.2) is 42.5 Å². The maximum absolute atomic E-state index is 13.9. The van der Waals surface area contributed by atoms with Gasteiger partial charge in [-0.15, -0.1) is 0 Å². The molecule has 2 aromatic rings. The maximum Gasteiger partial charge on any atom is 0.244 e. The van der Waals surface area contributed by atoms with Crippen molar-refractivity contribution >= 4 is 39.1 Å². The molecule has 1 saturated carbocycles. The highest BCUT2D eigenvalue weighted by molar-refractivity contribution is 7.92. The molecule has 1 aliphatic heterocycles. The third-order valence-corrected chi connectivity index (χ3v) is 9.12. The predicted molar refractivity (Wildman–Crippen MR) is 146 cm³/mol. The van der Waals surface area contributed by atoms with Crippen molar-refractivity contribution in [1.29, 1.82) is 0 Å². The Morgan fingerprint density at radius 3 is 2.47 bits per heavy atom. The van der Waals surface area contributed by atoms with Gasteiger partial charge in [-0.2, -0.15) is 0 Å². The topological polar surface area (TPSA) is 105 Å². The lowest BCUT2D eigenvalue weighted by atomic mass is 10.1. The van der Waals surface area contributed by atoms with E-state index >= 15 is 0 Å². The zero-order valence-corrected chi connectivity index (χ0v) is 23.3. The Morgan fingerprint density at radius 1 is 1.08 bits per heavy atom. The number of rotatable bonds is 11. The molecule has 1 heterocycles. The van der Waals surface area contributed by atoms with Crippen molar-refractivity contribution in [2.75, 3.05) is 23.4 Å². The highest BCUT2D eigenvalue weighted by Gasteiger charge is 2.34. The summed E-state index contributed by atoms with van der Waals surface area (Å²) in [5.74, 6) is -0.0511. The molecule has 0 radical (unpaired) electrons. The molecule has 0 bridgehead atoms. The minimum atomic E-state index is -3.85. The first kappa shape index (κ1) is 28.0. The van der Waals surface area contributed by atoms with Gasteiger partial charge in [-0.1, -0.05) is 49.6 Å². The average molecular weight is 564 g/mol. The number of carbonyl (C=O) groups is 2. The number of hydrogen-bond acceptors (Lipinski definition) is 6. The van der Waals surface area contributed by atoms with Crippen LogP contribution in [0, 0.1) is 0 Å². The molecule has 9 nitrogen and oxygen atoms in total. The second-order valence-corrected chi connectivity index (χ2v) is 12.1. The molecule has 1 N–H and O–H groups in total. The molecule has 1 atom stereocenters. The van der Waals surface area contributed by atoms with E-state index in [9.17, 15) is 18.0 Å². The van der Waals surface area contributed by atoms with Gasteiger partial charge in [0, 0.05) is 23.7 Å². The molecule has 0 aromatic heterocycles. The van der Waals surface area contributed by atoms with E-state index < -0.39 is 28.5 Å². The highest BCUT2D eigenvalue weighted by Crippen LogP contribution is 2.36. The van der Waals surface area contributed by atoms with Crippen LogP contribution in [0.3, 0.4) is 0 Å². The summed E-state index contributed by atoms with van der Waals surface area (Å²) in [5.41, 5.74) is 0.952. The number of nitrogens with one attached hydrogen (secondary N) is 1. The van der Waals surface area contributed by atoms with E-state index in [1.54, 1.807) is 36.4 Å². The molecule has 2 aromatic carbocycles. The number of hydrogen-bond donors (Lipinski definition) is 1. The average Bonchev–Trinajstić information content (AvgIpc) is 3.59. The van der Waals surface area contributed by atoms with Crippen molar-refractivity contribution in [1.82, 2.24) is 10.2 Å². The minimum Gasteiger partial charge on any atom is -0.454 e. The van der Waals surface area contributed by atoms with Gasteiger partial charge in [-0.25, -0.2) is 8.42 Å². The quantitative estimate of drug-likeness (QED) is 0.441. The van der Waals surface area contributed by atoms with Crippen LogP contribution in [-0.2, 0) is 26.2 Å². The van der Waals surface area contributed by atoms with E-state index in [0.29, 0.717) is 28.5 Å². The van der Waals surface area contributed by atoms with Gasteiger partial charge in [-0.3, -0.25) is 13.9 Å². The number of sulfonamides is 1. The van der Waals surface area contributed by atoms with Crippen molar-refractivity contribution in [3.63, 3.8) is 0 Å². The summed E-state index contributed by atoms with van der Waals surface area (Å²) >= 11 is 6.42. The molecule has 11 heteroatoms. The van der Waals surface area contributed by atoms with Gasteiger partial charge in [0.15, 0.2) is 11.5 Å². The van der Waals surface area contributed by atoms with Gasteiger partial charge in [0.2, 0.25) is 28.6 Å². The van der Waals surface area contributed by atoms with Gasteiger partial charge in [-0.05, 0) is 49.9 Å². The zero-order chi connectivity index (χ0) is 27.3. The summed E-state index contributed by atoms with van der Waals surface area (Å²) in [6, 6.07) is 11.2. The Hall–Kier alpha value is -2.98. The van der Waals surface area contributed by atoms with Crippen LogP contribution in [0.1, 0.15) is 51.5 Å². The van der Waals surface area contributed by atoms with Crippen molar-refractivity contribution < 1.29 is 27.5 Å². The van der Waals surface area contributed by atoms with Crippen molar-refractivity contribution in [3.8, 4) is 11.5 Å². The number of halogens is 1. The second-order valence-electron chi connectivity index (χ2n) is 9.47. The first-order valence-electron chi connectivity index (χ1n) is 13.0. The fourth-order valence-corrected chi connectivity index (χ4v) is 6.11. The van der Waals surface area contributed by atoms with Crippen LogP contribution >= 0.6 is 11.6 Å². The minimum absolute atomic E-state index is 0.0398. The van der Waals surface area contributed by atoms with Crippen LogP contribution in [0.2, 0.25) is 5.02 Å². The Bertz CT molecular complexity index is 1270. The fourth-order valence-electron chi connectivity index (χ4n) is 4.86. The molecule has 1 aliphatic carbocycles. The molecule has 0 spiro atoms. The Balaban J connectivity index is 1.65. The monoisotopic (exact) mass is 563 g/mol. The molecule has 38 heavy (non-hydrogen) atoms. The van der Waals surface area contributed by atoms with E-state index in [1.807, 2.05) is 13.0 Å². The van der Waals surface area contributed by atoms with E-state index in [4.69, 9.17) is 21.1 Å². The van der Waals surface area contributed by atoms with Crippen molar-refractivity contribution in [2.24, 2.45) is 0 Å². The predicted octanol–water partition coefficient (Wildman–Crippen LogP) is 4.09. The van der Waals surface area contributed by atoms with E-state index in [-0.39, 0.29) is 36.7 Å². The fraction of sp³-hybridized carbons (Fsp3) is 0.481.